The molecule has 2 aromatic heterocycles. The second kappa shape index (κ2) is 5.45. The van der Waals surface area contributed by atoms with Crippen molar-refractivity contribution in [3.05, 3.63) is 17.3 Å². The minimum Gasteiger partial charge on any atom is -0.369 e. The van der Waals surface area contributed by atoms with E-state index in [1.807, 2.05) is 0 Å². The van der Waals surface area contributed by atoms with Gasteiger partial charge in [0.15, 0.2) is 0 Å². The van der Waals surface area contributed by atoms with Gasteiger partial charge in [-0.15, -0.1) is 11.3 Å². The fourth-order valence-electron chi connectivity index (χ4n) is 1.65. The molecule has 0 spiro atoms. The van der Waals surface area contributed by atoms with Crippen LogP contribution in [0.25, 0.3) is 10.2 Å². The maximum atomic E-state index is 4.67. The second-order valence-corrected chi connectivity index (χ2v) is 5.20. The van der Waals surface area contributed by atoms with E-state index in [0.717, 1.165) is 41.2 Å². The third kappa shape index (κ3) is 2.57. The SMILES string of the molecule is CCCNc1nc(C(C)CC)nc2sccc12. The molecule has 0 saturated carbocycles. The van der Waals surface area contributed by atoms with Gasteiger partial charge in [0.05, 0.1) is 5.39 Å². The zero-order chi connectivity index (χ0) is 12.3. The third-order valence-electron chi connectivity index (χ3n) is 2.94. The van der Waals surface area contributed by atoms with Gasteiger partial charge in [-0.1, -0.05) is 20.8 Å². The Balaban J connectivity index is 2.43. The minimum atomic E-state index is 0.420. The third-order valence-corrected chi connectivity index (χ3v) is 3.74. The van der Waals surface area contributed by atoms with Crippen molar-refractivity contribution >= 4 is 27.4 Å². The summed E-state index contributed by atoms with van der Waals surface area (Å²) < 4.78 is 0. The molecule has 0 aliphatic rings. The number of nitrogens with zero attached hydrogens (tertiary/aromatic N) is 2. The van der Waals surface area contributed by atoms with E-state index in [1.54, 1.807) is 11.3 Å². The number of thiophene rings is 1. The number of anilines is 1. The molecular formula is C13H19N3S. The summed E-state index contributed by atoms with van der Waals surface area (Å²) in [6.07, 6.45) is 2.18. The van der Waals surface area contributed by atoms with Crippen molar-refractivity contribution in [2.45, 2.75) is 39.5 Å². The van der Waals surface area contributed by atoms with Gasteiger partial charge in [0, 0.05) is 12.5 Å². The molecule has 17 heavy (non-hydrogen) atoms. The summed E-state index contributed by atoms with van der Waals surface area (Å²) >= 11 is 1.69. The van der Waals surface area contributed by atoms with Crippen molar-refractivity contribution < 1.29 is 0 Å². The van der Waals surface area contributed by atoms with E-state index in [1.165, 1.54) is 0 Å². The number of rotatable bonds is 5. The van der Waals surface area contributed by atoms with Gasteiger partial charge in [-0.2, -0.15) is 0 Å². The monoisotopic (exact) mass is 249 g/mol. The lowest BCUT2D eigenvalue weighted by Crippen LogP contribution is -2.07. The maximum Gasteiger partial charge on any atom is 0.138 e. The number of hydrogen-bond acceptors (Lipinski definition) is 4. The zero-order valence-corrected chi connectivity index (χ0v) is 11.5. The van der Waals surface area contributed by atoms with E-state index in [-0.39, 0.29) is 0 Å². The molecule has 1 unspecified atom stereocenters. The van der Waals surface area contributed by atoms with Crippen LogP contribution in [-0.4, -0.2) is 16.5 Å². The van der Waals surface area contributed by atoms with Crippen LogP contribution in [0, 0.1) is 0 Å². The molecule has 92 valence electrons. The number of nitrogens with one attached hydrogen (secondary N) is 1. The average molecular weight is 249 g/mol. The molecule has 2 rings (SSSR count). The Morgan fingerprint density at radius 1 is 1.35 bits per heavy atom. The van der Waals surface area contributed by atoms with E-state index >= 15 is 0 Å². The van der Waals surface area contributed by atoms with Crippen LogP contribution >= 0.6 is 11.3 Å². The molecule has 4 heteroatoms. The molecule has 0 saturated heterocycles. The molecule has 0 aliphatic heterocycles. The van der Waals surface area contributed by atoms with Gasteiger partial charge in [0.2, 0.25) is 0 Å². The first-order valence-electron chi connectivity index (χ1n) is 6.25. The quantitative estimate of drug-likeness (QED) is 0.869. The van der Waals surface area contributed by atoms with Gasteiger partial charge in [0.1, 0.15) is 16.5 Å². The molecule has 0 aromatic carbocycles. The molecule has 2 heterocycles. The highest BCUT2D eigenvalue weighted by atomic mass is 32.1. The van der Waals surface area contributed by atoms with Crippen LogP contribution in [0.1, 0.15) is 45.4 Å². The van der Waals surface area contributed by atoms with Crippen LogP contribution in [0.3, 0.4) is 0 Å². The summed E-state index contributed by atoms with van der Waals surface area (Å²) in [6, 6.07) is 2.10. The molecule has 0 amide bonds. The van der Waals surface area contributed by atoms with Gasteiger partial charge in [-0.3, -0.25) is 0 Å². The lowest BCUT2D eigenvalue weighted by atomic mass is 10.1. The number of aromatic nitrogens is 2. The highest BCUT2D eigenvalue weighted by Gasteiger charge is 2.12. The Bertz CT molecular complexity index is 492. The summed E-state index contributed by atoms with van der Waals surface area (Å²) in [4.78, 5) is 10.4. The molecule has 2 aromatic rings. The normalized spacial score (nSPS) is 12.9. The fourth-order valence-corrected chi connectivity index (χ4v) is 2.42. The summed E-state index contributed by atoms with van der Waals surface area (Å²) in [5, 5.41) is 6.63. The second-order valence-electron chi connectivity index (χ2n) is 4.31. The molecule has 0 bridgehead atoms. The first kappa shape index (κ1) is 12.3. The Morgan fingerprint density at radius 3 is 2.88 bits per heavy atom. The van der Waals surface area contributed by atoms with Crippen molar-refractivity contribution in [2.24, 2.45) is 0 Å². The Hall–Kier alpha value is -1.16. The lowest BCUT2D eigenvalue weighted by molar-refractivity contribution is 0.684. The van der Waals surface area contributed by atoms with E-state index < -0.39 is 0 Å². The fraction of sp³-hybridized carbons (Fsp3) is 0.538. The topological polar surface area (TPSA) is 37.8 Å². The van der Waals surface area contributed by atoms with Crippen molar-refractivity contribution in [1.82, 2.24) is 9.97 Å². The van der Waals surface area contributed by atoms with Crippen molar-refractivity contribution in [2.75, 3.05) is 11.9 Å². The molecule has 1 N–H and O–H groups in total. The smallest absolute Gasteiger partial charge is 0.138 e. The van der Waals surface area contributed by atoms with E-state index in [0.29, 0.717) is 5.92 Å². The number of hydrogen-bond donors (Lipinski definition) is 1. The minimum absolute atomic E-state index is 0.420. The van der Waals surface area contributed by atoms with Crippen LogP contribution < -0.4 is 5.32 Å². The Kier molecular flexibility index (Phi) is 3.94. The van der Waals surface area contributed by atoms with Gasteiger partial charge in [-0.05, 0) is 24.3 Å². The van der Waals surface area contributed by atoms with Crippen molar-refractivity contribution in [3.63, 3.8) is 0 Å². The summed E-state index contributed by atoms with van der Waals surface area (Å²) in [5.41, 5.74) is 0. The van der Waals surface area contributed by atoms with Crippen LogP contribution in [0.15, 0.2) is 11.4 Å². The van der Waals surface area contributed by atoms with Crippen LogP contribution in [0.5, 0.6) is 0 Å². The summed E-state index contributed by atoms with van der Waals surface area (Å²) in [7, 11) is 0. The van der Waals surface area contributed by atoms with E-state index in [4.69, 9.17) is 0 Å². The Morgan fingerprint density at radius 2 is 2.18 bits per heavy atom. The van der Waals surface area contributed by atoms with Gasteiger partial charge in [-0.25, -0.2) is 9.97 Å². The Labute approximate surface area is 106 Å². The zero-order valence-electron chi connectivity index (χ0n) is 10.7. The predicted octanol–water partition coefficient (Wildman–Crippen LogP) is 4.03. The highest BCUT2D eigenvalue weighted by molar-refractivity contribution is 7.16. The van der Waals surface area contributed by atoms with E-state index in [9.17, 15) is 0 Å². The molecule has 1 atom stereocenters. The maximum absolute atomic E-state index is 4.67. The molecule has 0 fully saturated rings. The van der Waals surface area contributed by atoms with E-state index in [2.05, 4.69) is 47.5 Å². The standard InChI is InChI=1S/C13H19N3S/c1-4-7-14-12-10-6-8-17-13(10)16-11(15-12)9(3)5-2/h6,8-9H,4-5,7H2,1-3H3,(H,14,15,16). The molecule has 0 radical (unpaired) electrons. The first-order chi connectivity index (χ1) is 8.26. The lowest BCUT2D eigenvalue weighted by Gasteiger charge is -2.11. The van der Waals surface area contributed by atoms with Crippen molar-refractivity contribution in [1.29, 1.82) is 0 Å². The van der Waals surface area contributed by atoms with Crippen LogP contribution in [0.4, 0.5) is 5.82 Å². The summed E-state index contributed by atoms with van der Waals surface area (Å²) in [6.45, 7) is 7.47. The average Bonchev–Trinajstić information content (AvgIpc) is 2.82. The molecular weight excluding hydrogens is 230 g/mol. The number of fused-ring (bicyclic) bond motifs is 1. The first-order valence-corrected chi connectivity index (χ1v) is 7.13. The van der Waals surface area contributed by atoms with Gasteiger partial charge >= 0.3 is 0 Å². The van der Waals surface area contributed by atoms with Gasteiger partial charge in [0.25, 0.3) is 0 Å². The van der Waals surface area contributed by atoms with Crippen LogP contribution in [-0.2, 0) is 0 Å². The van der Waals surface area contributed by atoms with Crippen LogP contribution in [0.2, 0.25) is 0 Å². The molecule has 0 aliphatic carbocycles. The van der Waals surface area contributed by atoms with Crippen molar-refractivity contribution in [3.8, 4) is 0 Å². The highest BCUT2D eigenvalue weighted by Crippen LogP contribution is 2.27. The van der Waals surface area contributed by atoms with Gasteiger partial charge < -0.3 is 5.32 Å². The molecule has 3 nitrogen and oxygen atoms in total. The largest absolute Gasteiger partial charge is 0.369 e. The summed E-state index contributed by atoms with van der Waals surface area (Å²) in [5.74, 6) is 2.37. The predicted molar refractivity (Wildman–Crippen MR) is 74.9 cm³/mol.